The van der Waals surface area contributed by atoms with Gasteiger partial charge >= 0.3 is 0 Å². The Morgan fingerprint density at radius 1 is 1.59 bits per heavy atom. The first-order chi connectivity index (χ1) is 8.08. The van der Waals surface area contributed by atoms with Gasteiger partial charge in [-0.1, -0.05) is 6.92 Å². The van der Waals surface area contributed by atoms with E-state index in [4.69, 9.17) is 16.0 Å². The van der Waals surface area contributed by atoms with Crippen molar-refractivity contribution in [1.82, 2.24) is 4.90 Å². The lowest BCUT2D eigenvalue weighted by Gasteiger charge is -2.30. The van der Waals surface area contributed by atoms with Gasteiger partial charge in [0.15, 0.2) is 5.76 Å². The van der Waals surface area contributed by atoms with Crippen LogP contribution in [-0.2, 0) is 0 Å². The summed E-state index contributed by atoms with van der Waals surface area (Å²) in [6, 6.07) is 3.49. The van der Waals surface area contributed by atoms with Gasteiger partial charge in [-0.3, -0.25) is 4.79 Å². The number of hydrogen-bond acceptors (Lipinski definition) is 2. The normalized spacial score (nSPS) is 22.5. The number of likely N-dealkylation sites (tertiary alicyclic amines) is 1. The lowest BCUT2D eigenvalue weighted by molar-refractivity contribution is 0.0649. The number of amides is 1. The molecule has 2 rings (SSSR count). The summed E-state index contributed by atoms with van der Waals surface area (Å²) >= 11 is 5.91. The number of nitrogens with zero attached hydrogens (tertiary/aromatic N) is 1. The highest BCUT2D eigenvalue weighted by Crippen LogP contribution is 2.24. The molecule has 1 aromatic heterocycles. The van der Waals surface area contributed by atoms with Gasteiger partial charge in [0, 0.05) is 13.1 Å². The highest BCUT2D eigenvalue weighted by molar-refractivity contribution is 6.20. The van der Waals surface area contributed by atoms with E-state index in [9.17, 15) is 4.79 Å². The third-order valence-electron chi connectivity index (χ3n) is 3.17. The first kappa shape index (κ1) is 12.5. The SMILES string of the molecule is CC1CCCN(C(=O)c2ccc(C(C)Cl)o2)C1. The van der Waals surface area contributed by atoms with Crippen LogP contribution in [0, 0.1) is 5.92 Å². The lowest BCUT2D eigenvalue weighted by atomic mass is 10.0. The van der Waals surface area contributed by atoms with E-state index in [2.05, 4.69) is 6.92 Å². The number of carbonyl (C=O) groups excluding carboxylic acids is 1. The minimum absolute atomic E-state index is 0.0138. The number of hydrogen-bond donors (Lipinski definition) is 0. The Kier molecular flexibility index (Phi) is 3.77. The molecule has 2 unspecified atom stereocenters. The van der Waals surface area contributed by atoms with Gasteiger partial charge in [-0.15, -0.1) is 11.6 Å². The Hall–Kier alpha value is -0.960. The average Bonchev–Trinajstić information content (AvgIpc) is 2.77. The molecule has 1 aromatic rings. The number of piperidine rings is 1. The topological polar surface area (TPSA) is 33.5 Å². The Balaban J connectivity index is 2.07. The Morgan fingerprint density at radius 2 is 2.35 bits per heavy atom. The van der Waals surface area contributed by atoms with E-state index >= 15 is 0 Å². The van der Waals surface area contributed by atoms with E-state index < -0.39 is 0 Å². The first-order valence-corrected chi connectivity index (χ1v) is 6.54. The van der Waals surface area contributed by atoms with Crippen LogP contribution in [0.1, 0.15) is 48.4 Å². The van der Waals surface area contributed by atoms with Crippen LogP contribution >= 0.6 is 11.6 Å². The van der Waals surface area contributed by atoms with Gasteiger partial charge in [-0.25, -0.2) is 0 Å². The molecule has 0 radical (unpaired) electrons. The summed E-state index contributed by atoms with van der Waals surface area (Å²) < 4.78 is 5.47. The third kappa shape index (κ3) is 2.83. The van der Waals surface area contributed by atoms with E-state index in [-0.39, 0.29) is 11.3 Å². The van der Waals surface area contributed by atoms with E-state index in [1.807, 2.05) is 11.8 Å². The van der Waals surface area contributed by atoms with E-state index in [0.717, 1.165) is 19.5 Å². The molecule has 4 heteroatoms. The zero-order valence-corrected chi connectivity index (χ0v) is 11.0. The van der Waals surface area contributed by atoms with Crippen molar-refractivity contribution in [3.05, 3.63) is 23.7 Å². The molecule has 0 N–H and O–H groups in total. The maximum Gasteiger partial charge on any atom is 0.289 e. The molecule has 94 valence electrons. The molecule has 2 heterocycles. The molecule has 0 aliphatic carbocycles. The molecule has 1 amide bonds. The van der Waals surface area contributed by atoms with Gasteiger partial charge in [0.1, 0.15) is 5.76 Å². The van der Waals surface area contributed by atoms with Crippen molar-refractivity contribution in [2.75, 3.05) is 13.1 Å². The molecular weight excluding hydrogens is 238 g/mol. The van der Waals surface area contributed by atoms with Crippen molar-refractivity contribution >= 4 is 17.5 Å². The van der Waals surface area contributed by atoms with Crippen LogP contribution in [0.5, 0.6) is 0 Å². The largest absolute Gasteiger partial charge is 0.454 e. The van der Waals surface area contributed by atoms with Gasteiger partial charge in [-0.05, 0) is 37.8 Å². The monoisotopic (exact) mass is 255 g/mol. The second-order valence-electron chi connectivity index (χ2n) is 4.82. The fraction of sp³-hybridized carbons (Fsp3) is 0.615. The molecule has 3 nitrogen and oxygen atoms in total. The Morgan fingerprint density at radius 3 is 2.94 bits per heavy atom. The number of halogens is 1. The summed E-state index contributed by atoms with van der Waals surface area (Å²) in [6.45, 7) is 5.66. The summed E-state index contributed by atoms with van der Waals surface area (Å²) in [5.74, 6) is 1.62. The summed E-state index contributed by atoms with van der Waals surface area (Å²) in [5, 5.41) is -0.197. The molecule has 17 heavy (non-hydrogen) atoms. The Bertz CT molecular complexity index is 400. The highest BCUT2D eigenvalue weighted by Gasteiger charge is 2.24. The van der Waals surface area contributed by atoms with Crippen molar-refractivity contribution in [1.29, 1.82) is 0 Å². The highest BCUT2D eigenvalue weighted by atomic mass is 35.5. The predicted octanol–water partition coefficient (Wildman–Crippen LogP) is 3.45. The van der Waals surface area contributed by atoms with Gasteiger partial charge < -0.3 is 9.32 Å². The van der Waals surface area contributed by atoms with Crippen LogP contribution in [0.2, 0.25) is 0 Å². The van der Waals surface area contributed by atoms with Crippen molar-refractivity contribution in [3.8, 4) is 0 Å². The first-order valence-electron chi connectivity index (χ1n) is 6.11. The second kappa shape index (κ2) is 5.13. The number of furan rings is 1. The van der Waals surface area contributed by atoms with Crippen LogP contribution in [0.3, 0.4) is 0 Å². The van der Waals surface area contributed by atoms with Crippen molar-refractivity contribution in [2.24, 2.45) is 5.92 Å². The van der Waals surface area contributed by atoms with Crippen LogP contribution in [-0.4, -0.2) is 23.9 Å². The molecule has 0 aromatic carbocycles. The summed E-state index contributed by atoms with van der Waals surface area (Å²) in [6.07, 6.45) is 2.28. The maximum absolute atomic E-state index is 12.2. The van der Waals surface area contributed by atoms with Crippen molar-refractivity contribution < 1.29 is 9.21 Å². The number of rotatable bonds is 2. The van der Waals surface area contributed by atoms with Crippen LogP contribution in [0.15, 0.2) is 16.5 Å². The molecular formula is C13H18ClNO2. The zero-order valence-electron chi connectivity index (χ0n) is 10.3. The standard InChI is InChI=1S/C13H18ClNO2/c1-9-4-3-7-15(8-9)13(16)12-6-5-11(17-12)10(2)14/h5-6,9-10H,3-4,7-8H2,1-2H3. The number of carbonyl (C=O) groups is 1. The van der Waals surface area contributed by atoms with Crippen molar-refractivity contribution in [3.63, 3.8) is 0 Å². The minimum Gasteiger partial charge on any atom is -0.454 e. The third-order valence-corrected chi connectivity index (χ3v) is 3.39. The molecule has 1 fully saturated rings. The molecule has 1 aliphatic rings. The molecule has 2 atom stereocenters. The molecule has 1 aliphatic heterocycles. The van der Waals surface area contributed by atoms with Crippen LogP contribution < -0.4 is 0 Å². The molecule has 1 saturated heterocycles. The quantitative estimate of drug-likeness (QED) is 0.759. The molecule has 0 bridgehead atoms. The average molecular weight is 256 g/mol. The molecule has 0 spiro atoms. The van der Waals surface area contributed by atoms with Crippen LogP contribution in [0.25, 0.3) is 0 Å². The summed E-state index contributed by atoms with van der Waals surface area (Å²) in [4.78, 5) is 14.0. The minimum atomic E-state index is -0.197. The number of alkyl halides is 1. The van der Waals surface area contributed by atoms with Gasteiger partial charge in [0.05, 0.1) is 5.38 Å². The van der Waals surface area contributed by atoms with Crippen molar-refractivity contribution in [2.45, 2.75) is 32.1 Å². The second-order valence-corrected chi connectivity index (χ2v) is 5.47. The zero-order chi connectivity index (χ0) is 12.4. The van der Waals surface area contributed by atoms with E-state index in [0.29, 0.717) is 17.4 Å². The predicted molar refractivity (Wildman–Crippen MR) is 67.3 cm³/mol. The van der Waals surface area contributed by atoms with E-state index in [1.165, 1.54) is 6.42 Å². The fourth-order valence-electron chi connectivity index (χ4n) is 2.21. The van der Waals surface area contributed by atoms with Gasteiger partial charge in [-0.2, -0.15) is 0 Å². The Labute approximate surface area is 107 Å². The smallest absolute Gasteiger partial charge is 0.289 e. The fourth-order valence-corrected chi connectivity index (χ4v) is 2.33. The van der Waals surface area contributed by atoms with Gasteiger partial charge in [0.25, 0.3) is 5.91 Å². The molecule has 0 saturated carbocycles. The van der Waals surface area contributed by atoms with E-state index in [1.54, 1.807) is 12.1 Å². The lowest BCUT2D eigenvalue weighted by Crippen LogP contribution is -2.38. The summed E-state index contributed by atoms with van der Waals surface area (Å²) in [5.41, 5.74) is 0. The maximum atomic E-state index is 12.2. The van der Waals surface area contributed by atoms with Crippen LogP contribution in [0.4, 0.5) is 0 Å². The van der Waals surface area contributed by atoms with Gasteiger partial charge in [0.2, 0.25) is 0 Å². The summed E-state index contributed by atoms with van der Waals surface area (Å²) in [7, 11) is 0.